The number of amides is 1. The van der Waals surface area contributed by atoms with Crippen molar-refractivity contribution in [2.24, 2.45) is 5.92 Å². The molecule has 28 heavy (non-hydrogen) atoms. The van der Waals surface area contributed by atoms with Crippen LogP contribution in [0.2, 0.25) is 0 Å². The van der Waals surface area contributed by atoms with Crippen LogP contribution in [0.25, 0.3) is 21.3 Å². The minimum Gasteiger partial charge on any atom is -0.349 e. The Balaban J connectivity index is 1.52. The van der Waals surface area contributed by atoms with E-state index in [0.29, 0.717) is 0 Å². The number of nitrogens with one attached hydrogen (secondary N) is 2. The quantitative estimate of drug-likeness (QED) is 0.555. The van der Waals surface area contributed by atoms with E-state index < -0.39 is 0 Å². The Morgan fingerprint density at radius 2 is 2.18 bits per heavy atom. The molecule has 0 radical (unpaired) electrons. The molecule has 0 saturated heterocycles. The molecule has 0 aromatic carbocycles. The second-order valence-corrected chi connectivity index (χ2v) is 8.32. The number of rotatable bonds is 3. The molecular weight excluding hydrogens is 374 g/mol. The van der Waals surface area contributed by atoms with E-state index in [9.17, 15) is 4.79 Å². The summed E-state index contributed by atoms with van der Waals surface area (Å²) in [6.07, 6.45) is 7.58. The summed E-state index contributed by atoms with van der Waals surface area (Å²) in [5, 5.41) is 12.3. The van der Waals surface area contributed by atoms with Crippen LogP contribution >= 0.6 is 11.3 Å². The lowest BCUT2D eigenvalue weighted by molar-refractivity contribution is -0.133. The molecule has 142 valence electrons. The zero-order valence-corrected chi connectivity index (χ0v) is 16.4. The molecule has 4 aromatic rings. The van der Waals surface area contributed by atoms with Gasteiger partial charge in [-0.1, -0.05) is 0 Å². The van der Waals surface area contributed by atoms with E-state index >= 15 is 0 Å². The first-order valence-electron chi connectivity index (χ1n) is 9.12. The first-order valence-corrected chi connectivity index (χ1v) is 9.94. The van der Waals surface area contributed by atoms with Gasteiger partial charge in [-0.05, 0) is 30.9 Å². The normalized spacial score (nSPS) is 16.3. The van der Waals surface area contributed by atoms with Crippen LogP contribution in [0, 0.1) is 5.92 Å². The van der Waals surface area contributed by atoms with Gasteiger partial charge in [-0.3, -0.25) is 9.89 Å². The van der Waals surface area contributed by atoms with Gasteiger partial charge in [0.1, 0.15) is 17.0 Å². The highest BCUT2D eigenvalue weighted by Gasteiger charge is 2.29. The van der Waals surface area contributed by atoms with Crippen molar-refractivity contribution in [1.29, 1.82) is 0 Å². The highest BCUT2D eigenvalue weighted by molar-refractivity contribution is 7.19. The van der Waals surface area contributed by atoms with Crippen LogP contribution in [0.15, 0.2) is 24.8 Å². The molecular formula is C19H19N7OS. The molecule has 1 aliphatic rings. The molecule has 0 bridgehead atoms. The smallest absolute Gasteiger partial charge is 0.225 e. The molecule has 0 saturated carbocycles. The summed E-state index contributed by atoms with van der Waals surface area (Å²) in [6.45, 7) is 0. The second-order valence-electron chi connectivity index (χ2n) is 7.24. The van der Waals surface area contributed by atoms with E-state index in [0.717, 1.165) is 52.0 Å². The van der Waals surface area contributed by atoms with Crippen molar-refractivity contribution in [3.05, 3.63) is 35.2 Å². The number of hydrogen-bond acceptors (Lipinski definition) is 7. The fourth-order valence-electron chi connectivity index (χ4n) is 3.82. The fraction of sp³-hybridized carbons (Fsp3) is 0.316. The van der Waals surface area contributed by atoms with Crippen LogP contribution in [0.4, 0.5) is 11.5 Å². The molecule has 5 rings (SSSR count). The summed E-state index contributed by atoms with van der Waals surface area (Å²) < 4.78 is 0. The topological polar surface area (TPSA) is 99.7 Å². The Morgan fingerprint density at radius 3 is 3.04 bits per heavy atom. The number of H-pyrrole nitrogens is 1. The van der Waals surface area contributed by atoms with Crippen molar-refractivity contribution in [3.63, 3.8) is 0 Å². The predicted molar refractivity (Wildman–Crippen MR) is 109 cm³/mol. The van der Waals surface area contributed by atoms with Gasteiger partial charge in [0.25, 0.3) is 0 Å². The Kier molecular flexibility index (Phi) is 3.97. The molecule has 4 aromatic heterocycles. The van der Waals surface area contributed by atoms with Gasteiger partial charge in [0, 0.05) is 30.3 Å². The number of hydrogen-bond donors (Lipinski definition) is 2. The zero-order valence-electron chi connectivity index (χ0n) is 15.6. The van der Waals surface area contributed by atoms with Crippen molar-refractivity contribution in [2.45, 2.75) is 19.3 Å². The molecule has 8 nitrogen and oxygen atoms in total. The molecule has 2 N–H and O–H groups in total. The molecule has 1 atom stereocenters. The van der Waals surface area contributed by atoms with Gasteiger partial charge < -0.3 is 10.2 Å². The number of carbonyl (C=O) groups excluding carboxylic acids is 1. The van der Waals surface area contributed by atoms with Crippen molar-refractivity contribution in [3.8, 4) is 0 Å². The van der Waals surface area contributed by atoms with Crippen LogP contribution in [0.3, 0.4) is 0 Å². The number of aromatic nitrogens is 5. The van der Waals surface area contributed by atoms with E-state index in [-0.39, 0.29) is 11.8 Å². The van der Waals surface area contributed by atoms with Gasteiger partial charge in [0.2, 0.25) is 5.91 Å². The molecule has 0 spiro atoms. The lowest BCUT2D eigenvalue weighted by Crippen LogP contribution is -2.32. The molecule has 1 aliphatic carbocycles. The highest BCUT2D eigenvalue weighted by atomic mass is 32.1. The number of aromatic amines is 1. The van der Waals surface area contributed by atoms with Gasteiger partial charge >= 0.3 is 0 Å². The minimum atomic E-state index is 0.0487. The largest absolute Gasteiger partial charge is 0.349 e. The highest BCUT2D eigenvalue weighted by Crippen LogP contribution is 2.40. The Hall–Kier alpha value is -3.07. The van der Waals surface area contributed by atoms with Gasteiger partial charge in [-0.15, -0.1) is 11.3 Å². The average Bonchev–Trinajstić information content (AvgIpc) is 3.30. The summed E-state index contributed by atoms with van der Waals surface area (Å²) >= 11 is 1.67. The van der Waals surface area contributed by atoms with Crippen molar-refractivity contribution >= 4 is 50.0 Å². The van der Waals surface area contributed by atoms with E-state index in [1.54, 1.807) is 35.0 Å². The third-order valence-electron chi connectivity index (χ3n) is 5.19. The molecule has 9 heteroatoms. The maximum absolute atomic E-state index is 12.4. The van der Waals surface area contributed by atoms with E-state index in [2.05, 4.69) is 30.5 Å². The summed E-state index contributed by atoms with van der Waals surface area (Å²) in [7, 11) is 3.64. The fourth-order valence-corrected chi connectivity index (χ4v) is 5.09. The number of nitrogens with zero attached hydrogens (tertiary/aromatic N) is 5. The maximum Gasteiger partial charge on any atom is 0.225 e. The Morgan fingerprint density at radius 1 is 1.29 bits per heavy atom. The van der Waals surface area contributed by atoms with Crippen molar-refractivity contribution in [1.82, 2.24) is 30.0 Å². The molecule has 1 amide bonds. The monoisotopic (exact) mass is 393 g/mol. The number of aryl methyl sites for hydroxylation is 1. The SMILES string of the molecule is CN(C)C(=O)C1CCc2c(sc3ncnc(Nc4cnc5[nH]ncc5c4)c23)C1. The third kappa shape index (κ3) is 2.78. The maximum atomic E-state index is 12.4. The van der Waals surface area contributed by atoms with Crippen molar-refractivity contribution in [2.75, 3.05) is 19.4 Å². The zero-order chi connectivity index (χ0) is 19.3. The lowest BCUT2D eigenvalue weighted by Gasteiger charge is -2.24. The van der Waals surface area contributed by atoms with E-state index in [1.165, 1.54) is 10.4 Å². The number of pyridine rings is 1. The molecule has 0 fully saturated rings. The number of fused-ring (bicyclic) bond motifs is 4. The third-order valence-corrected chi connectivity index (χ3v) is 6.35. The molecule has 0 aliphatic heterocycles. The summed E-state index contributed by atoms with van der Waals surface area (Å²) in [5.41, 5.74) is 2.87. The Labute approximate surface area is 165 Å². The number of anilines is 2. The first kappa shape index (κ1) is 17.1. The first-order chi connectivity index (χ1) is 13.6. The standard InChI is InChI=1S/C19H19N7OS/c1-26(2)19(27)10-3-4-13-14(6-10)28-18-15(13)17(21-9-22-18)24-12-5-11-7-23-25-16(11)20-8-12/h5,7-10H,3-4,6H2,1-2H3,(H,20,23,25)(H,21,22,24). The van der Waals surface area contributed by atoms with Crippen LogP contribution < -0.4 is 5.32 Å². The second kappa shape index (κ2) is 6.52. The summed E-state index contributed by atoms with van der Waals surface area (Å²) in [4.78, 5) is 29.6. The summed E-state index contributed by atoms with van der Waals surface area (Å²) in [5.74, 6) is 1.03. The Bertz CT molecular complexity index is 1200. The van der Waals surface area contributed by atoms with Crippen LogP contribution in [0.5, 0.6) is 0 Å². The molecule has 4 heterocycles. The molecule has 1 unspecified atom stereocenters. The van der Waals surface area contributed by atoms with Gasteiger partial charge in [-0.25, -0.2) is 15.0 Å². The lowest BCUT2D eigenvalue weighted by atomic mass is 9.87. The van der Waals surface area contributed by atoms with Gasteiger partial charge in [0.05, 0.1) is 23.5 Å². The predicted octanol–water partition coefficient (Wildman–Crippen LogP) is 2.90. The van der Waals surface area contributed by atoms with Gasteiger partial charge in [0.15, 0.2) is 5.65 Å². The van der Waals surface area contributed by atoms with Crippen LogP contribution in [0.1, 0.15) is 16.9 Å². The van der Waals surface area contributed by atoms with Crippen molar-refractivity contribution < 1.29 is 4.79 Å². The van der Waals surface area contributed by atoms with E-state index in [4.69, 9.17) is 0 Å². The van der Waals surface area contributed by atoms with Crippen LogP contribution in [-0.4, -0.2) is 50.1 Å². The minimum absolute atomic E-state index is 0.0487. The van der Waals surface area contributed by atoms with E-state index in [1.807, 2.05) is 20.2 Å². The van der Waals surface area contributed by atoms with Crippen LogP contribution in [-0.2, 0) is 17.6 Å². The van der Waals surface area contributed by atoms with Gasteiger partial charge in [-0.2, -0.15) is 5.10 Å². The summed E-state index contributed by atoms with van der Waals surface area (Å²) in [6, 6.07) is 1.99. The number of thiophene rings is 1. The average molecular weight is 393 g/mol. The number of carbonyl (C=O) groups is 1.